The molecule has 9 rings (SSSR count). The number of benzene rings is 6. The summed E-state index contributed by atoms with van der Waals surface area (Å²) in [6, 6.07) is 50.4. The molecule has 0 saturated heterocycles. The van der Waals surface area contributed by atoms with Crippen molar-refractivity contribution >= 4 is 57.8 Å². The molecule has 0 radical (unpaired) electrons. The van der Waals surface area contributed by atoms with E-state index < -0.39 is 5.41 Å². The molecule has 190 valence electrons. The monoisotopic (exact) mass is 540 g/mol. The Morgan fingerprint density at radius 2 is 0.976 bits per heavy atom. The second-order valence-corrected chi connectivity index (χ2v) is 11.7. The van der Waals surface area contributed by atoms with E-state index in [0.717, 1.165) is 16.5 Å². The summed E-state index contributed by atoms with van der Waals surface area (Å²) < 4.78 is 6.64. The smallest absolute Gasteiger partial charge is 0.251 e. The zero-order valence-corrected chi connectivity index (χ0v) is 23.0. The molecular weight excluding hydrogens is 517 g/mol. The van der Waals surface area contributed by atoms with E-state index in [1.165, 1.54) is 55.0 Å². The lowest BCUT2D eigenvalue weighted by atomic mass is 9.26. The summed E-state index contributed by atoms with van der Waals surface area (Å²) in [5.74, 6) is 1.87. The minimum atomic E-state index is -0.545. The molecule has 0 saturated carbocycles. The highest BCUT2D eigenvalue weighted by Crippen LogP contribution is 2.48. The molecule has 0 amide bonds. The summed E-state index contributed by atoms with van der Waals surface area (Å²) in [6.07, 6.45) is 0. The fourth-order valence-electron chi connectivity index (χ4n) is 8.02. The van der Waals surface area contributed by atoms with Crippen LogP contribution in [0.4, 0.5) is 0 Å². The zero-order valence-electron chi connectivity index (χ0n) is 22.2. The first-order chi connectivity index (χ1) is 20.3. The quantitative estimate of drug-likeness (QED) is 0.279. The Morgan fingerprint density at radius 1 is 0.439 bits per heavy atom. The first-order valence-electron chi connectivity index (χ1n) is 14.2. The van der Waals surface area contributed by atoms with Crippen LogP contribution in [0.5, 0.6) is 11.5 Å². The van der Waals surface area contributed by atoms with E-state index in [-0.39, 0.29) is 13.4 Å². The van der Waals surface area contributed by atoms with Gasteiger partial charge in [-0.05, 0) is 56.8 Å². The first-order valence-corrected chi connectivity index (χ1v) is 14.6. The predicted molar refractivity (Wildman–Crippen MR) is 172 cm³/mol. The summed E-state index contributed by atoms with van der Waals surface area (Å²) in [6.45, 7) is 0.123. The molecule has 1 nitrogen and oxygen atoms in total. The fourth-order valence-corrected chi connectivity index (χ4v) is 8.31. The van der Waals surface area contributed by atoms with E-state index in [1.807, 2.05) is 0 Å². The second-order valence-electron chi connectivity index (χ2n) is 11.3. The molecule has 3 aliphatic rings. The van der Waals surface area contributed by atoms with Crippen LogP contribution in [-0.2, 0) is 5.41 Å². The third kappa shape index (κ3) is 2.94. The molecular formula is C37H23B2ClO. The van der Waals surface area contributed by atoms with Gasteiger partial charge in [0.25, 0.3) is 6.71 Å². The van der Waals surface area contributed by atoms with Crippen molar-refractivity contribution in [3.63, 3.8) is 0 Å². The Hall–Kier alpha value is -4.46. The summed E-state index contributed by atoms with van der Waals surface area (Å²) in [4.78, 5) is 0. The van der Waals surface area contributed by atoms with Crippen LogP contribution in [0.15, 0.2) is 140 Å². The Kier molecular flexibility index (Phi) is 4.84. The fraction of sp³-hybridized carbons (Fsp3) is 0.0270. The summed E-state index contributed by atoms with van der Waals surface area (Å²) in [5, 5.41) is 0.802. The molecule has 6 aromatic carbocycles. The van der Waals surface area contributed by atoms with Gasteiger partial charge in [0.05, 0.1) is 5.41 Å². The third-order valence-electron chi connectivity index (χ3n) is 9.44. The van der Waals surface area contributed by atoms with Gasteiger partial charge in [-0.25, -0.2) is 0 Å². The van der Waals surface area contributed by atoms with Crippen molar-refractivity contribution in [2.75, 3.05) is 0 Å². The van der Waals surface area contributed by atoms with Crippen LogP contribution in [0.3, 0.4) is 0 Å². The first kappa shape index (κ1) is 23.3. The highest BCUT2D eigenvalue weighted by molar-refractivity contribution is 6.99. The lowest BCUT2D eigenvalue weighted by Crippen LogP contribution is -2.68. The second kappa shape index (κ2) is 8.52. The Morgan fingerprint density at radius 3 is 1.73 bits per heavy atom. The number of ether oxygens (including phenoxy) is 1. The van der Waals surface area contributed by atoms with Crippen LogP contribution in [0.2, 0.25) is 5.02 Å². The number of para-hydroxylation sites is 1. The lowest BCUT2D eigenvalue weighted by Gasteiger charge is -2.50. The molecule has 3 heterocycles. The Balaban J connectivity index is 1.47. The standard InChI is InChI=1S/C37H23B2ClO/c40-32-21-10-16-27-35(32)38(24-12-2-1-3-13-24)29-18-6-4-14-25(29)37(27)26-15-5-7-19-30(26)39-31-20-8-9-22-33(31)41-34-23-11-17-28(37)36(34)39/h1-23H. The van der Waals surface area contributed by atoms with E-state index in [9.17, 15) is 0 Å². The van der Waals surface area contributed by atoms with Crippen molar-refractivity contribution in [1.82, 2.24) is 0 Å². The van der Waals surface area contributed by atoms with Crippen molar-refractivity contribution in [3.05, 3.63) is 167 Å². The summed E-state index contributed by atoms with van der Waals surface area (Å²) in [7, 11) is 0. The molecule has 0 bridgehead atoms. The molecule has 1 atom stereocenters. The average molecular weight is 541 g/mol. The largest absolute Gasteiger partial charge is 0.458 e. The van der Waals surface area contributed by atoms with Crippen LogP contribution in [0.25, 0.3) is 0 Å². The van der Waals surface area contributed by atoms with Crippen LogP contribution in [0.1, 0.15) is 22.3 Å². The maximum absolute atomic E-state index is 7.25. The number of hydrogen-bond acceptors (Lipinski definition) is 1. The van der Waals surface area contributed by atoms with Gasteiger partial charge >= 0.3 is 0 Å². The molecule has 0 aliphatic carbocycles. The van der Waals surface area contributed by atoms with Gasteiger partial charge in [0.15, 0.2) is 0 Å². The maximum atomic E-state index is 7.25. The van der Waals surface area contributed by atoms with Gasteiger partial charge in [-0.3, -0.25) is 0 Å². The third-order valence-corrected chi connectivity index (χ3v) is 9.77. The van der Waals surface area contributed by atoms with E-state index in [1.54, 1.807) is 0 Å². The molecule has 1 unspecified atom stereocenters. The van der Waals surface area contributed by atoms with Gasteiger partial charge in [0.2, 0.25) is 6.71 Å². The number of halogens is 1. The van der Waals surface area contributed by atoms with Crippen LogP contribution < -0.4 is 37.5 Å². The van der Waals surface area contributed by atoms with E-state index in [2.05, 4.69) is 140 Å². The highest BCUT2D eigenvalue weighted by atomic mass is 35.5. The Bertz CT molecular complexity index is 1950. The topological polar surface area (TPSA) is 9.23 Å². The van der Waals surface area contributed by atoms with Crippen LogP contribution in [0, 0.1) is 0 Å². The van der Waals surface area contributed by atoms with Crippen molar-refractivity contribution in [1.29, 1.82) is 0 Å². The van der Waals surface area contributed by atoms with E-state index >= 15 is 0 Å². The van der Waals surface area contributed by atoms with Gasteiger partial charge in [0.1, 0.15) is 11.5 Å². The number of rotatable bonds is 1. The van der Waals surface area contributed by atoms with Crippen LogP contribution >= 0.6 is 11.6 Å². The lowest BCUT2D eigenvalue weighted by molar-refractivity contribution is 0.486. The normalized spacial score (nSPS) is 17.1. The summed E-state index contributed by atoms with van der Waals surface area (Å²) in [5.41, 5.74) is 12.1. The predicted octanol–water partition coefficient (Wildman–Crippen LogP) is 4.49. The number of hydrogen-bond donors (Lipinski definition) is 0. The minimum absolute atomic E-state index is 0.0307. The van der Waals surface area contributed by atoms with Crippen LogP contribution in [-0.4, -0.2) is 13.4 Å². The van der Waals surface area contributed by atoms with E-state index in [0.29, 0.717) is 0 Å². The molecule has 1 spiro atoms. The molecule has 6 aromatic rings. The zero-order chi connectivity index (χ0) is 27.1. The van der Waals surface area contributed by atoms with Crippen molar-refractivity contribution in [3.8, 4) is 11.5 Å². The molecule has 0 aromatic heterocycles. The molecule has 3 aliphatic heterocycles. The van der Waals surface area contributed by atoms with Crippen molar-refractivity contribution < 1.29 is 4.74 Å². The molecule has 0 N–H and O–H groups in total. The van der Waals surface area contributed by atoms with Gasteiger partial charge in [-0.2, -0.15) is 0 Å². The summed E-state index contributed by atoms with van der Waals surface area (Å²) >= 11 is 7.25. The van der Waals surface area contributed by atoms with Gasteiger partial charge in [-0.15, -0.1) is 0 Å². The highest BCUT2D eigenvalue weighted by Gasteiger charge is 2.55. The Labute approximate surface area is 245 Å². The molecule has 4 heteroatoms. The minimum Gasteiger partial charge on any atom is -0.458 e. The SMILES string of the molecule is Clc1cccc2c1B(c1ccccc1)c1ccccc1C21c2ccccc2B2c3ccccc3Oc3cccc1c32. The van der Waals surface area contributed by atoms with Gasteiger partial charge in [0, 0.05) is 5.02 Å². The number of fused-ring (bicyclic) bond motifs is 10. The molecule has 41 heavy (non-hydrogen) atoms. The van der Waals surface area contributed by atoms with Crippen molar-refractivity contribution in [2.24, 2.45) is 0 Å². The van der Waals surface area contributed by atoms with Gasteiger partial charge in [-0.1, -0.05) is 149 Å². The van der Waals surface area contributed by atoms with Crippen molar-refractivity contribution in [2.45, 2.75) is 5.41 Å². The molecule has 0 fully saturated rings. The average Bonchev–Trinajstić information content (AvgIpc) is 3.03. The maximum Gasteiger partial charge on any atom is 0.251 e. The van der Waals surface area contributed by atoms with Gasteiger partial charge < -0.3 is 4.74 Å². The van der Waals surface area contributed by atoms with E-state index in [4.69, 9.17) is 16.3 Å².